The smallest absolute Gasteiger partial charge is 0.208 e. The Bertz CT molecular complexity index is 460. The molecular weight excluding hydrogens is 254 g/mol. The van der Waals surface area contributed by atoms with Crippen LogP contribution >= 0.6 is 0 Å². The van der Waals surface area contributed by atoms with Crippen LogP contribution < -0.4 is 18.9 Å². The molecule has 0 atom stereocenters. The number of benzene rings is 1. The standard InChI is InChI=1S/C12H17NO6/c1-16-9-7-8(5-6-13(14)15)10(17-2)12(19-4)11(9)18-3/h7H,5-6H2,1-4H3. The lowest BCUT2D eigenvalue weighted by Crippen LogP contribution is -2.07. The van der Waals surface area contributed by atoms with E-state index in [9.17, 15) is 10.1 Å². The maximum Gasteiger partial charge on any atom is 0.208 e. The van der Waals surface area contributed by atoms with Crippen LogP contribution in [0.2, 0.25) is 0 Å². The van der Waals surface area contributed by atoms with Crippen LogP contribution in [0.25, 0.3) is 0 Å². The zero-order chi connectivity index (χ0) is 14.4. The zero-order valence-electron chi connectivity index (χ0n) is 11.4. The average Bonchev–Trinajstić information content (AvgIpc) is 2.42. The highest BCUT2D eigenvalue weighted by Crippen LogP contribution is 2.46. The summed E-state index contributed by atoms with van der Waals surface area (Å²) in [6, 6.07) is 1.66. The fourth-order valence-corrected chi connectivity index (χ4v) is 1.80. The Morgan fingerprint density at radius 2 is 1.58 bits per heavy atom. The first-order valence-corrected chi connectivity index (χ1v) is 5.56. The molecule has 19 heavy (non-hydrogen) atoms. The number of rotatable bonds is 7. The first kappa shape index (κ1) is 14.9. The van der Waals surface area contributed by atoms with E-state index in [1.165, 1.54) is 28.4 Å². The van der Waals surface area contributed by atoms with Crippen LogP contribution in [0.5, 0.6) is 23.0 Å². The van der Waals surface area contributed by atoms with Gasteiger partial charge in [-0.15, -0.1) is 0 Å². The Labute approximate surface area is 111 Å². The monoisotopic (exact) mass is 271 g/mol. The van der Waals surface area contributed by atoms with Crippen molar-refractivity contribution in [3.05, 3.63) is 21.7 Å². The van der Waals surface area contributed by atoms with Gasteiger partial charge in [0.2, 0.25) is 18.0 Å². The molecule has 0 amide bonds. The predicted octanol–water partition coefficient (Wildman–Crippen LogP) is 1.54. The van der Waals surface area contributed by atoms with Gasteiger partial charge in [0.1, 0.15) is 0 Å². The van der Waals surface area contributed by atoms with Gasteiger partial charge in [0, 0.05) is 16.9 Å². The van der Waals surface area contributed by atoms with Gasteiger partial charge in [0.05, 0.1) is 28.4 Å². The number of nitro groups is 1. The highest BCUT2D eigenvalue weighted by molar-refractivity contribution is 5.62. The van der Waals surface area contributed by atoms with Crippen LogP contribution in [-0.2, 0) is 6.42 Å². The summed E-state index contributed by atoms with van der Waals surface area (Å²) in [5, 5.41) is 10.5. The van der Waals surface area contributed by atoms with Gasteiger partial charge in [-0.3, -0.25) is 10.1 Å². The molecule has 0 N–H and O–H groups in total. The molecule has 0 heterocycles. The van der Waals surface area contributed by atoms with E-state index in [0.29, 0.717) is 28.6 Å². The molecule has 0 unspecified atom stereocenters. The van der Waals surface area contributed by atoms with Crippen LogP contribution in [0.15, 0.2) is 6.07 Å². The van der Waals surface area contributed by atoms with E-state index in [2.05, 4.69) is 0 Å². The van der Waals surface area contributed by atoms with Gasteiger partial charge < -0.3 is 18.9 Å². The predicted molar refractivity (Wildman–Crippen MR) is 68.2 cm³/mol. The Morgan fingerprint density at radius 3 is 2.00 bits per heavy atom. The maximum atomic E-state index is 10.5. The van der Waals surface area contributed by atoms with Crippen molar-refractivity contribution < 1.29 is 23.9 Å². The summed E-state index contributed by atoms with van der Waals surface area (Å²) in [4.78, 5) is 10.1. The molecule has 0 aliphatic heterocycles. The Kier molecular flexibility index (Phi) is 5.23. The molecule has 0 fully saturated rings. The average molecular weight is 271 g/mol. The number of hydrogen-bond acceptors (Lipinski definition) is 6. The van der Waals surface area contributed by atoms with E-state index in [-0.39, 0.29) is 17.9 Å². The molecule has 106 valence electrons. The van der Waals surface area contributed by atoms with Crippen molar-refractivity contribution in [2.75, 3.05) is 35.0 Å². The Morgan fingerprint density at radius 1 is 1.00 bits per heavy atom. The van der Waals surface area contributed by atoms with Gasteiger partial charge in [0.25, 0.3) is 0 Å². The number of nitrogens with zero attached hydrogens (tertiary/aromatic N) is 1. The lowest BCUT2D eigenvalue weighted by Gasteiger charge is -2.17. The van der Waals surface area contributed by atoms with E-state index in [0.717, 1.165) is 0 Å². The van der Waals surface area contributed by atoms with E-state index in [4.69, 9.17) is 18.9 Å². The lowest BCUT2D eigenvalue weighted by atomic mass is 10.1. The van der Waals surface area contributed by atoms with Crippen LogP contribution in [0.3, 0.4) is 0 Å². The third-order valence-electron chi connectivity index (χ3n) is 2.63. The zero-order valence-corrected chi connectivity index (χ0v) is 11.4. The molecular formula is C12H17NO6. The van der Waals surface area contributed by atoms with Crippen molar-refractivity contribution >= 4 is 0 Å². The van der Waals surface area contributed by atoms with E-state index in [1.807, 2.05) is 0 Å². The summed E-state index contributed by atoms with van der Waals surface area (Å²) in [5.41, 5.74) is 0.633. The molecule has 1 aromatic carbocycles. The van der Waals surface area contributed by atoms with Gasteiger partial charge in [-0.05, 0) is 6.07 Å². The fourth-order valence-electron chi connectivity index (χ4n) is 1.80. The molecule has 7 heteroatoms. The molecule has 1 aromatic rings. The van der Waals surface area contributed by atoms with E-state index >= 15 is 0 Å². The Balaban J connectivity index is 3.32. The summed E-state index contributed by atoms with van der Waals surface area (Å²) in [6.07, 6.45) is 0.215. The molecule has 0 aliphatic carbocycles. The maximum absolute atomic E-state index is 10.5. The van der Waals surface area contributed by atoms with Crippen molar-refractivity contribution in [2.24, 2.45) is 0 Å². The molecule has 0 aromatic heterocycles. The van der Waals surface area contributed by atoms with E-state index < -0.39 is 0 Å². The largest absolute Gasteiger partial charge is 0.493 e. The quantitative estimate of drug-likeness (QED) is 0.553. The molecule has 0 bridgehead atoms. The molecule has 0 saturated carbocycles. The van der Waals surface area contributed by atoms with Crippen LogP contribution in [0.1, 0.15) is 5.56 Å². The molecule has 0 spiro atoms. The van der Waals surface area contributed by atoms with Crippen molar-refractivity contribution in [1.29, 1.82) is 0 Å². The molecule has 0 saturated heterocycles. The summed E-state index contributed by atoms with van der Waals surface area (Å²) >= 11 is 0. The number of hydrogen-bond donors (Lipinski definition) is 0. The van der Waals surface area contributed by atoms with Crippen LogP contribution in [-0.4, -0.2) is 39.9 Å². The van der Waals surface area contributed by atoms with Crippen molar-refractivity contribution in [1.82, 2.24) is 0 Å². The SMILES string of the molecule is COc1cc(CC[N+](=O)[O-])c(OC)c(OC)c1OC. The highest BCUT2D eigenvalue weighted by atomic mass is 16.6. The third kappa shape index (κ3) is 3.18. The van der Waals surface area contributed by atoms with Crippen LogP contribution in [0.4, 0.5) is 0 Å². The summed E-state index contributed by atoms with van der Waals surface area (Å²) in [6.45, 7) is -0.199. The first-order chi connectivity index (χ1) is 9.08. The van der Waals surface area contributed by atoms with Gasteiger partial charge in [-0.1, -0.05) is 0 Å². The highest BCUT2D eigenvalue weighted by Gasteiger charge is 2.22. The van der Waals surface area contributed by atoms with Crippen molar-refractivity contribution in [2.45, 2.75) is 6.42 Å². The third-order valence-corrected chi connectivity index (χ3v) is 2.63. The van der Waals surface area contributed by atoms with E-state index in [1.54, 1.807) is 6.07 Å². The van der Waals surface area contributed by atoms with Crippen LogP contribution in [0, 0.1) is 10.1 Å². The second-order valence-corrected chi connectivity index (χ2v) is 3.64. The normalized spacial score (nSPS) is 9.89. The first-order valence-electron chi connectivity index (χ1n) is 5.56. The second-order valence-electron chi connectivity index (χ2n) is 3.64. The van der Waals surface area contributed by atoms with Gasteiger partial charge in [-0.2, -0.15) is 0 Å². The van der Waals surface area contributed by atoms with Crippen molar-refractivity contribution in [3.63, 3.8) is 0 Å². The lowest BCUT2D eigenvalue weighted by molar-refractivity contribution is -0.479. The summed E-state index contributed by atoms with van der Waals surface area (Å²) in [5.74, 6) is 1.62. The topological polar surface area (TPSA) is 80.1 Å². The minimum absolute atomic E-state index is 0.199. The second kappa shape index (κ2) is 6.67. The minimum Gasteiger partial charge on any atom is -0.493 e. The molecule has 0 radical (unpaired) electrons. The summed E-state index contributed by atoms with van der Waals surface area (Å²) < 4.78 is 20.9. The number of methoxy groups -OCH3 is 4. The van der Waals surface area contributed by atoms with Gasteiger partial charge >= 0.3 is 0 Å². The van der Waals surface area contributed by atoms with Crippen molar-refractivity contribution in [3.8, 4) is 23.0 Å². The Hall–Kier alpha value is -2.18. The molecule has 7 nitrogen and oxygen atoms in total. The van der Waals surface area contributed by atoms with Gasteiger partial charge in [-0.25, -0.2) is 0 Å². The molecule has 0 aliphatic rings. The fraction of sp³-hybridized carbons (Fsp3) is 0.500. The summed E-state index contributed by atoms with van der Waals surface area (Å²) in [7, 11) is 5.91. The molecule has 1 rings (SSSR count). The van der Waals surface area contributed by atoms with Gasteiger partial charge in [0.15, 0.2) is 11.5 Å². The minimum atomic E-state index is -0.386. The number of ether oxygens (including phenoxy) is 4.